The van der Waals surface area contributed by atoms with Gasteiger partial charge in [0.1, 0.15) is 0 Å². The fourth-order valence-corrected chi connectivity index (χ4v) is 1.79. The van der Waals surface area contributed by atoms with E-state index in [4.69, 9.17) is 0 Å². The highest BCUT2D eigenvalue weighted by atomic mass is 19.3. The molecule has 0 aromatic heterocycles. The van der Waals surface area contributed by atoms with E-state index in [0.717, 1.165) is 11.1 Å². The molecule has 0 spiro atoms. The average molecular weight is 197 g/mol. The van der Waals surface area contributed by atoms with Gasteiger partial charge in [-0.05, 0) is 18.6 Å². The van der Waals surface area contributed by atoms with Gasteiger partial charge in [-0.25, -0.2) is 8.78 Å². The zero-order valence-corrected chi connectivity index (χ0v) is 8.11. The molecule has 0 saturated carbocycles. The Balaban J connectivity index is 2.52. The molecule has 0 amide bonds. The quantitative estimate of drug-likeness (QED) is 0.674. The molecular weight excluding hydrogens is 184 g/mol. The molecule has 14 heavy (non-hydrogen) atoms. The Morgan fingerprint density at radius 3 is 2.93 bits per heavy atom. The molecule has 0 radical (unpaired) electrons. The molecule has 0 atom stereocenters. The molecule has 0 unspecified atom stereocenters. The lowest BCUT2D eigenvalue weighted by molar-refractivity contribution is -0.0107. The van der Waals surface area contributed by atoms with E-state index in [1.54, 1.807) is 12.1 Å². The van der Waals surface area contributed by atoms with Gasteiger partial charge in [0.25, 0.3) is 5.92 Å². The van der Waals surface area contributed by atoms with Crippen LogP contribution in [0.25, 0.3) is 0 Å². The number of hydrogen-bond donors (Lipinski definition) is 1. The van der Waals surface area contributed by atoms with Crippen LogP contribution in [0.15, 0.2) is 18.2 Å². The van der Waals surface area contributed by atoms with Gasteiger partial charge in [-0.15, -0.1) is 0 Å². The van der Waals surface area contributed by atoms with Crippen molar-refractivity contribution in [2.45, 2.75) is 25.8 Å². The number of benzene rings is 1. The Bertz CT molecular complexity index is 347. The maximum absolute atomic E-state index is 13.6. The third-order valence-electron chi connectivity index (χ3n) is 2.59. The molecular formula is C11H13F2N. The Morgan fingerprint density at radius 2 is 2.14 bits per heavy atom. The molecule has 1 aromatic rings. The first-order chi connectivity index (χ1) is 6.59. The van der Waals surface area contributed by atoms with Crippen molar-refractivity contribution in [3.63, 3.8) is 0 Å². The molecule has 0 fully saturated rings. The van der Waals surface area contributed by atoms with Gasteiger partial charge in [0, 0.05) is 25.1 Å². The van der Waals surface area contributed by atoms with Crippen LogP contribution in [0, 0.1) is 6.92 Å². The molecule has 0 bridgehead atoms. The van der Waals surface area contributed by atoms with Crippen molar-refractivity contribution >= 4 is 0 Å². The van der Waals surface area contributed by atoms with Crippen LogP contribution in [0.5, 0.6) is 0 Å². The summed E-state index contributed by atoms with van der Waals surface area (Å²) in [6, 6.07) is 5.27. The van der Waals surface area contributed by atoms with Crippen LogP contribution in [0.4, 0.5) is 8.78 Å². The Hall–Kier alpha value is -0.960. The van der Waals surface area contributed by atoms with E-state index in [-0.39, 0.29) is 12.0 Å². The van der Waals surface area contributed by atoms with Crippen molar-refractivity contribution in [3.05, 3.63) is 34.9 Å². The molecule has 76 valence electrons. The second kappa shape index (κ2) is 3.31. The zero-order valence-electron chi connectivity index (χ0n) is 8.11. The number of rotatable bonds is 0. The fourth-order valence-electron chi connectivity index (χ4n) is 1.79. The lowest BCUT2D eigenvalue weighted by Crippen LogP contribution is -2.17. The first-order valence-corrected chi connectivity index (χ1v) is 4.78. The van der Waals surface area contributed by atoms with Gasteiger partial charge in [-0.2, -0.15) is 0 Å². The molecule has 0 saturated heterocycles. The maximum Gasteiger partial charge on any atom is 0.274 e. The standard InChI is InChI=1S/C11H13F2N/c1-8-2-3-9-7-14-5-4-11(12,13)10(9)6-8/h2-3,6,14H,4-5,7H2,1H3. The van der Waals surface area contributed by atoms with E-state index >= 15 is 0 Å². The zero-order chi connectivity index (χ0) is 10.2. The average Bonchev–Trinajstić information content (AvgIpc) is 2.26. The van der Waals surface area contributed by atoms with Gasteiger partial charge < -0.3 is 5.32 Å². The smallest absolute Gasteiger partial charge is 0.274 e. The second-order valence-electron chi connectivity index (χ2n) is 3.79. The summed E-state index contributed by atoms with van der Waals surface area (Å²) in [6.07, 6.45) is -0.108. The molecule has 3 heteroatoms. The van der Waals surface area contributed by atoms with Crippen molar-refractivity contribution in [2.24, 2.45) is 0 Å². The van der Waals surface area contributed by atoms with Gasteiger partial charge >= 0.3 is 0 Å². The van der Waals surface area contributed by atoms with Crippen LogP contribution in [0.2, 0.25) is 0 Å². The highest BCUT2D eigenvalue weighted by Crippen LogP contribution is 2.35. The highest BCUT2D eigenvalue weighted by Gasteiger charge is 2.34. The van der Waals surface area contributed by atoms with E-state index < -0.39 is 5.92 Å². The molecule has 1 heterocycles. The summed E-state index contributed by atoms with van der Waals surface area (Å²) in [6.45, 7) is 2.76. The minimum absolute atomic E-state index is 0.108. The Morgan fingerprint density at radius 1 is 1.36 bits per heavy atom. The number of aryl methyl sites for hydroxylation is 1. The molecule has 1 nitrogen and oxygen atoms in total. The van der Waals surface area contributed by atoms with Gasteiger partial charge in [0.2, 0.25) is 0 Å². The number of hydrogen-bond acceptors (Lipinski definition) is 1. The molecule has 1 aliphatic rings. The fraction of sp³-hybridized carbons (Fsp3) is 0.455. The lowest BCUT2D eigenvalue weighted by Gasteiger charge is -2.16. The summed E-state index contributed by atoms with van der Waals surface area (Å²) in [5, 5.41) is 3.00. The number of nitrogens with one attached hydrogen (secondary N) is 1. The monoisotopic (exact) mass is 197 g/mol. The van der Waals surface area contributed by atoms with Crippen LogP contribution in [0.1, 0.15) is 23.1 Å². The van der Waals surface area contributed by atoms with E-state index in [1.165, 1.54) is 0 Å². The maximum atomic E-state index is 13.6. The normalized spacial score (nSPS) is 19.9. The van der Waals surface area contributed by atoms with Crippen LogP contribution in [0.3, 0.4) is 0 Å². The summed E-state index contributed by atoms with van der Waals surface area (Å²) in [4.78, 5) is 0. The van der Waals surface area contributed by atoms with Crippen LogP contribution in [-0.2, 0) is 12.5 Å². The minimum Gasteiger partial charge on any atom is -0.312 e. The predicted molar refractivity (Wildman–Crippen MR) is 51.4 cm³/mol. The number of alkyl halides is 2. The van der Waals surface area contributed by atoms with Crippen molar-refractivity contribution in [2.75, 3.05) is 6.54 Å². The van der Waals surface area contributed by atoms with E-state index in [2.05, 4.69) is 5.32 Å². The first-order valence-electron chi connectivity index (χ1n) is 4.78. The number of fused-ring (bicyclic) bond motifs is 1. The summed E-state index contributed by atoms with van der Waals surface area (Å²) in [5.74, 6) is -2.68. The molecule has 1 N–H and O–H groups in total. The van der Waals surface area contributed by atoms with Gasteiger partial charge in [0.05, 0.1) is 0 Å². The van der Waals surface area contributed by atoms with Crippen molar-refractivity contribution < 1.29 is 8.78 Å². The van der Waals surface area contributed by atoms with E-state index in [1.807, 2.05) is 13.0 Å². The third kappa shape index (κ3) is 1.64. The topological polar surface area (TPSA) is 12.0 Å². The van der Waals surface area contributed by atoms with Crippen LogP contribution in [-0.4, -0.2) is 6.54 Å². The van der Waals surface area contributed by atoms with Crippen LogP contribution < -0.4 is 5.32 Å². The molecule has 1 aliphatic heterocycles. The first kappa shape index (κ1) is 9.59. The van der Waals surface area contributed by atoms with Gasteiger partial charge in [-0.3, -0.25) is 0 Å². The van der Waals surface area contributed by atoms with E-state index in [9.17, 15) is 8.78 Å². The Labute approximate surface area is 82.1 Å². The summed E-state index contributed by atoms with van der Waals surface area (Å²) >= 11 is 0. The molecule has 1 aromatic carbocycles. The summed E-state index contributed by atoms with van der Waals surface area (Å²) < 4.78 is 27.2. The largest absolute Gasteiger partial charge is 0.312 e. The SMILES string of the molecule is Cc1ccc2c(c1)C(F)(F)CCNC2. The van der Waals surface area contributed by atoms with Crippen molar-refractivity contribution in [1.82, 2.24) is 5.32 Å². The Kier molecular flexibility index (Phi) is 2.27. The lowest BCUT2D eigenvalue weighted by atomic mass is 9.98. The third-order valence-corrected chi connectivity index (χ3v) is 2.59. The van der Waals surface area contributed by atoms with Crippen molar-refractivity contribution in [3.8, 4) is 0 Å². The van der Waals surface area contributed by atoms with Crippen molar-refractivity contribution in [1.29, 1.82) is 0 Å². The summed E-state index contributed by atoms with van der Waals surface area (Å²) in [5.41, 5.74) is 1.81. The molecule has 0 aliphatic carbocycles. The van der Waals surface area contributed by atoms with Crippen LogP contribution >= 0.6 is 0 Å². The second-order valence-corrected chi connectivity index (χ2v) is 3.79. The molecule has 2 rings (SSSR count). The predicted octanol–water partition coefficient (Wildman–Crippen LogP) is 2.58. The van der Waals surface area contributed by atoms with Gasteiger partial charge in [0.15, 0.2) is 0 Å². The minimum atomic E-state index is -2.68. The number of halogens is 2. The van der Waals surface area contributed by atoms with E-state index in [0.29, 0.717) is 13.1 Å². The highest BCUT2D eigenvalue weighted by molar-refractivity contribution is 5.35. The van der Waals surface area contributed by atoms with Gasteiger partial charge in [-0.1, -0.05) is 17.7 Å². The summed E-state index contributed by atoms with van der Waals surface area (Å²) in [7, 11) is 0.